The van der Waals surface area contributed by atoms with E-state index < -0.39 is 10.0 Å². The highest BCUT2D eigenvalue weighted by atomic mass is 35.5. The van der Waals surface area contributed by atoms with Crippen molar-refractivity contribution in [1.82, 2.24) is 9.21 Å². The molecule has 140 valence electrons. The van der Waals surface area contributed by atoms with Crippen molar-refractivity contribution >= 4 is 21.6 Å². The highest BCUT2D eigenvalue weighted by Crippen LogP contribution is 2.27. The summed E-state index contributed by atoms with van der Waals surface area (Å²) in [5, 5.41) is 0.557. The van der Waals surface area contributed by atoms with Crippen LogP contribution in [-0.4, -0.2) is 63.1 Å². The summed E-state index contributed by atoms with van der Waals surface area (Å²) in [6.45, 7) is 4.97. The molecule has 2 aliphatic heterocycles. The molecule has 0 bridgehead atoms. The Balaban J connectivity index is 1.58. The molecule has 0 amide bonds. The second-order valence-electron chi connectivity index (χ2n) is 7.15. The van der Waals surface area contributed by atoms with Gasteiger partial charge in [-0.15, -0.1) is 0 Å². The fourth-order valence-corrected chi connectivity index (χ4v) is 5.55. The van der Waals surface area contributed by atoms with Crippen molar-refractivity contribution in [3.8, 4) is 0 Å². The molecule has 0 radical (unpaired) electrons. The van der Waals surface area contributed by atoms with E-state index in [0.717, 1.165) is 38.8 Å². The fraction of sp³-hybridized carbons (Fsp3) is 0.667. The minimum Gasteiger partial charge on any atom is -0.375 e. The molecule has 2 saturated heterocycles. The molecule has 2 aliphatic rings. The molecule has 3 rings (SSSR count). The molecule has 0 unspecified atom stereocenters. The summed E-state index contributed by atoms with van der Waals surface area (Å²) in [6, 6.07) is 4.94. The van der Waals surface area contributed by atoms with Crippen molar-refractivity contribution in [3.05, 3.63) is 28.8 Å². The Labute approximate surface area is 155 Å². The highest BCUT2D eigenvalue weighted by Gasteiger charge is 2.32. The van der Waals surface area contributed by atoms with Crippen molar-refractivity contribution in [2.45, 2.75) is 49.7 Å². The number of sulfonamides is 1. The van der Waals surface area contributed by atoms with Crippen LogP contribution in [0.2, 0.25) is 5.02 Å². The van der Waals surface area contributed by atoms with Gasteiger partial charge in [-0.05, 0) is 63.4 Å². The van der Waals surface area contributed by atoms with Gasteiger partial charge in [0.25, 0.3) is 0 Å². The van der Waals surface area contributed by atoms with E-state index in [2.05, 4.69) is 11.9 Å². The van der Waals surface area contributed by atoms with Crippen molar-refractivity contribution in [3.63, 3.8) is 0 Å². The Kier molecular flexibility index (Phi) is 6.06. The van der Waals surface area contributed by atoms with E-state index in [9.17, 15) is 8.42 Å². The molecule has 0 saturated carbocycles. The number of hydrogen-bond donors (Lipinski definition) is 0. The standard InChI is InChI=1S/C18H27ClN2O3S/c1-14-13-15(19)3-4-18(14)25(22,23)21-11-7-17(8-12-21)24-16-5-9-20(2)10-6-16/h3-4,13,16-17H,5-12H2,1-2H3. The summed E-state index contributed by atoms with van der Waals surface area (Å²) in [5.74, 6) is 0. The lowest BCUT2D eigenvalue weighted by molar-refractivity contribution is -0.0564. The molecule has 1 aromatic rings. The number of benzene rings is 1. The molecule has 5 nitrogen and oxygen atoms in total. The number of halogens is 1. The third-order valence-corrected chi connectivity index (χ3v) is 7.50. The molecular weight excluding hydrogens is 360 g/mol. The third-order valence-electron chi connectivity index (χ3n) is 5.21. The van der Waals surface area contributed by atoms with Gasteiger partial charge in [0.2, 0.25) is 10.0 Å². The van der Waals surface area contributed by atoms with Gasteiger partial charge < -0.3 is 9.64 Å². The van der Waals surface area contributed by atoms with Crippen LogP contribution in [0.25, 0.3) is 0 Å². The van der Waals surface area contributed by atoms with Gasteiger partial charge in [0.15, 0.2) is 0 Å². The molecule has 1 aromatic carbocycles. The van der Waals surface area contributed by atoms with E-state index in [1.54, 1.807) is 29.4 Å². The van der Waals surface area contributed by atoms with E-state index in [1.165, 1.54) is 0 Å². The lowest BCUT2D eigenvalue weighted by Crippen LogP contribution is -2.43. The predicted molar refractivity (Wildman–Crippen MR) is 99.6 cm³/mol. The van der Waals surface area contributed by atoms with E-state index in [0.29, 0.717) is 34.7 Å². The number of nitrogens with zero attached hydrogens (tertiary/aromatic N) is 2. The Bertz CT molecular complexity index is 694. The molecule has 0 spiro atoms. The van der Waals surface area contributed by atoms with Crippen molar-refractivity contribution < 1.29 is 13.2 Å². The van der Waals surface area contributed by atoms with Gasteiger partial charge in [-0.1, -0.05) is 11.6 Å². The zero-order chi connectivity index (χ0) is 18.0. The van der Waals surface area contributed by atoms with Gasteiger partial charge in [0, 0.05) is 31.2 Å². The van der Waals surface area contributed by atoms with Crippen molar-refractivity contribution in [1.29, 1.82) is 0 Å². The van der Waals surface area contributed by atoms with Crippen LogP contribution in [0.15, 0.2) is 23.1 Å². The minimum absolute atomic E-state index is 0.172. The Hall–Kier alpha value is -0.660. The first-order chi connectivity index (χ1) is 11.9. The van der Waals surface area contributed by atoms with Gasteiger partial charge in [0.1, 0.15) is 0 Å². The van der Waals surface area contributed by atoms with Crippen LogP contribution in [0.5, 0.6) is 0 Å². The third kappa shape index (κ3) is 4.55. The Morgan fingerprint density at radius 2 is 1.60 bits per heavy atom. The maximum absolute atomic E-state index is 12.9. The number of hydrogen-bond acceptors (Lipinski definition) is 4. The van der Waals surface area contributed by atoms with Crippen LogP contribution < -0.4 is 0 Å². The van der Waals surface area contributed by atoms with Gasteiger partial charge in [-0.25, -0.2) is 8.42 Å². The first kappa shape index (κ1) is 19.1. The summed E-state index contributed by atoms with van der Waals surface area (Å²) in [7, 11) is -1.32. The quantitative estimate of drug-likeness (QED) is 0.798. The number of piperidine rings is 2. The van der Waals surface area contributed by atoms with E-state index in [1.807, 2.05) is 0 Å². The normalized spacial score (nSPS) is 22.4. The lowest BCUT2D eigenvalue weighted by atomic mass is 10.1. The molecule has 0 atom stereocenters. The fourth-order valence-electron chi connectivity index (χ4n) is 3.64. The summed E-state index contributed by atoms with van der Waals surface area (Å²) in [4.78, 5) is 2.68. The maximum Gasteiger partial charge on any atom is 0.243 e. The molecule has 2 fully saturated rings. The summed E-state index contributed by atoms with van der Waals surface area (Å²) in [5.41, 5.74) is 0.692. The van der Waals surface area contributed by atoms with E-state index in [4.69, 9.17) is 16.3 Å². The van der Waals surface area contributed by atoms with Gasteiger partial charge in [-0.2, -0.15) is 4.31 Å². The second kappa shape index (κ2) is 7.92. The van der Waals surface area contributed by atoms with Crippen LogP contribution in [0.3, 0.4) is 0 Å². The molecule has 7 heteroatoms. The van der Waals surface area contributed by atoms with Crippen molar-refractivity contribution in [2.75, 3.05) is 33.2 Å². The monoisotopic (exact) mass is 386 g/mol. The first-order valence-corrected chi connectivity index (χ1v) is 10.8. The average Bonchev–Trinajstić information content (AvgIpc) is 2.57. The number of aryl methyl sites for hydroxylation is 1. The lowest BCUT2D eigenvalue weighted by Gasteiger charge is -2.36. The zero-order valence-electron chi connectivity index (χ0n) is 14.9. The van der Waals surface area contributed by atoms with Crippen LogP contribution in [0.4, 0.5) is 0 Å². The Morgan fingerprint density at radius 3 is 2.16 bits per heavy atom. The minimum atomic E-state index is -3.46. The van der Waals surface area contributed by atoms with Crippen LogP contribution in [0, 0.1) is 6.92 Å². The number of ether oxygens (including phenoxy) is 1. The SMILES string of the molecule is Cc1cc(Cl)ccc1S(=O)(=O)N1CCC(OC2CCN(C)CC2)CC1. The second-order valence-corrected chi connectivity index (χ2v) is 9.49. The van der Waals surface area contributed by atoms with Gasteiger partial charge >= 0.3 is 0 Å². The number of rotatable bonds is 4. The van der Waals surface area contributed by atoms with E-state index >= 15 is 0 Å². The van der Waals surface area contributed by atoms with E-state index in [-0.39, 0.29) is 6.10 Å². The van der Waals surface area contributed by atoms with Crippen LogP contribution >= 0.6 is 11.6 Å². The smallest absolute Gasteiger partial charge is 0.243 e. The average molecular weight is 387 g/mol. The Morgan fingerprint density at radius 1 is 1.04 bits per heavy atom. The summed E-state index contributed by atoms with van der Waals surface area (Å²) < 4.78 is 33.6. The molecule has 0 aromatic heterocycles. The topological polar surface area (TPSA) is 49.9 Å². The largest absolute Gasteiger partial charge is 0.375 e. The molecule has 0 N–H and O–H groups in total. The zero-order valence-corrected chi connectivity index (χ0v) is 16.5. The molecule has 25 heavy (non-hydrogen) atoms. The summed E-state index contributed by atoms with van der Waals surface area (Å²) >= 11 is 5.95. The number of likely N-dealkylation sites (tertiary alicyclic amines) is 1. The van der Waals surface area contributed by atoms with Crippen LogP contribution in [0.1, 0.15) is 31.2 Å². The van der Waals surface area contributed by atoms with Gasteiger partial charge in [-0.3, -0.25) is 0 Å². The summed E-state index contributed by atoms with van der Waals surface area (Å²) in [6.07, 6.45) is 4.16. The van der Waals surface area contributed by atoms with Gasteiger partial charge in [0.05, 0.1) is 17.1 Å². The molecular formula is C18H27ClN2O3S. The van der Waals surface area contributed by atoms with Crippen molar-refractivity contribution in [2.24, 2.45) is 0 Å². The highest BCUT2D eigenvalue weighted by molar-refractivity contribution is 7.89. The molecule has 2 heterocycles. The molecule has 0 aliphatic carbocycles. The maximum atomic E-state index is 12.9. The van der Waals surface area contributed by atoms with Crippen LogP contribution in [-0.2, 0) is 14.8 Å². The first-order valence-electron chi connectivity index (χ1n) is 8.96. The predicted octanol–water partition coefficient (Wildman–Crippen LogP) is 2.91.